The van der Waals surface area contributed by atoms with Crippen molar-refractivity contribution in [1.29, 1.82) is 0 Å². The normalized spacial score (nSPS) is 11.6. The number of carbonyl (C=O) groups is 3. The van der Waals surface area contributed by atoms with Crippen LogP contribution in [-0.2, 0) is 14.4 Å². The Balaban J connectivity index is 2.63. The molecule has 0 amide bonds. The lowest BCUT2D eigenvalue weighted by molar-refractivity contribution is -0.146. The maximum Gasteiger partial charge on any atom is 0.379 e. The quantitative estimate of drug-likeness (QED) is 0.368. The first-order chi connectivity index (χ1) is 12.7. The zero-order chi connectivity index (χ0) is 20.0. The summed E-state index contributed by atoms with van der Waals surface area (Å²) in [5.74, 6) is -3.80. The zero-order valence-corrected chi connectivity index (χ0v) is 15.3. The number of ketones is 2. The summed E-state index contributed by atoms with van der Waals surface area (Å²) in [4.78, 5) is 35.6. The Morgan fingerprint density at radius 3 is 1.59 bits per heavy atom. The smallest absolute Gasteiger partial charge is 0.379 e. The average Bonchev–Trinajstić information content (AvgIpc) is 2.65. The van der Waals surface area contributed by atoms with Crippen molar-refractivity contribution in [2.24, 2.45) is 15.6 Å². The van der Waals surface area contributed by atoms with Gasteiger partial charge in [0.05, 0.1) is 0 Å². The Morgan fingerprint density at radius 1 is 0.778 bits per heavy atom. The number of hydrogen-bond donors (Lipinski definition) is 1. The van der Waals surface area contributed by atoms with Crippen LogP contribution in [-0.4, -0.2) is 34.1 Å². The summed E-state index contributed by atoms with van der Waals surface area (Å²) in [5.41, 5.74) is 0.197. The Hall–Kier alpha value is -3.41. The Labute approximate surface area is 157 Å². The topological polar surface area (TPSA) is 96.2 Å². The molecule has 6 heteroatoms. The summed E-state index contributed by atoms with van der Waals surface area (Å²) >= 11 is 0. The van der Waals surface area contributed by atoms with E-state index in [0.29, 0.717) is 5.71 Å². The van der Waals surface area contributed by atoms with Crippen molar-refractivity contribution in [3.63, 3.8) is 0 Å². The monoisotopic (exact) mass is 364 g/mol. The molecule has 0 bridgehead atoms. The predicted octanol–water partition coefficient (Wildman–Crippen LogP) is 3.15. The molecule has 2 aromatic rings. The van der Waals surface area contributed by atoms with Gasteiger partial charge in [-0.1, -0.05) is 81.4 Å². The predicted molar refractivity (Wildman–Crippen MR) is 103 cm³/mol. The Morgan fingerprint density at radius 2 is 1.22 bits per heavy atom. The van der Waals surface area contributed by atoms with Crippen molar-refractivity contribution in [3.05, 3.63) is 71.8 Å². The van der Waals surface area contributed by atoms with Gasteiger partial charge in [0.2, 0.25) is 0 Å². The van der Waals surface area contributed by atoms with Crippen LogP contribution in [0.25, 0.3) is 0 Å². The molecule has 27 heavy (non-hydrogen) atoms. The molecular formula is C21H20N2O4. The van der Waals surface area contributed by atoms with Gasteiger partial charge in [-0.3, -0.25) is 9.59 Å². The second kappa shape index (κ2) is 8.31. The molecule has 0 aliphatic carbocycles. The van der Waals surface area contributed by atoms with Gasteiger partial charge in [-0.25, -0.2) is 4.79 Å². The molecule has 0 atom stereocenters. The first kappa shape index (κ1) is 19.9. The summed E-state index contributed by atoms with van der Waals surface area (Å²) < 4.78 is 0. The molecule has 2 rings (SSSR count). The Bertz CT molecular complexity index is 867. The molecular weight excluding hydrogens is 344 g/mol. The maximum absolute atomic E-state index is 12.5. The highest BCUT2D eigenvalue weighted by molar-refractivity contribution is 6.79. The fourth-order valence-electron chi connectivity index (χ4n) is 2.22. The third kappa shape index (κ3) is 5.04. The van der Waals surface area contributed by atoms with E-state index in [-0.39, 0.29) is 0 Å². The molecule has 138 valence electrons. The first-order valence-corrected chi connectivity index (χ1v) is 8.30. The lowest BCUT2D eigenvalue weighted by Crippen LogP contribution is -2.37. The van der Waals surface area contributed by atoms with E-state index in [4.69, 9.17) is 5.11 Å². The van der Waals surface area contributed by atoms with Crippen molar-refractivity contribution in [2.45, 2.75) is 20.8 Å². The van der Waals surface area contributed by atoms with Crippen LogP contribution in [0.5, 0.6) is 0 Å². The van der Waals surface area contributed by atoms with Gasteiger partial charge < -0.3 is 5.11 Å². The summed E-state index contributed by atoms with van der Waals surface area (Å²) in [6.07, 6.45) is 0. The third-order valence-electron chi connectivity index (χ3n) is 3.65. The van der Waals surface area contributed by atoms with Crippen LogP contribution >= 0.6 is 0 Å². The maximum atomic E-state index is 12.5. The van der Waals surface area contributed by atoms with Crippen LogP contribution in [0, 0.1) is 5.41 Å². The van der Waals surface area contributed by atoms with E-state index in [9.17, 15) is 14.4 Å². The van der Waals surface area contributed by atoms with Crippen molar-refractivity contribution in [1.82, 2.24) is 0 Å². The van der Waals surface area contributed by atoms with Gasteiger partial charge in [0.25, 0.3) is 5.78 Å². The molecule has 1 N–H and O–H groups in total. The molecule has 0 unspecified atom stereocenters. The van der Waals surface area contributed by atoms with E-state index in [1.165, 1.54) is 0 Å². The number of hydrogen-bond acceptors (Lipinski definition) is 5. The van der Waals surface area contributed by atoms with Crippen molar-refractivity contribution in [3.8, 4) is 0 Å². The average molecular weight is 364 g/mol. The standard InChI is InChI=1S/C21H20N2O4/c1-21(2,3)19(25)17(18(24)20(26)27)23-22-16(14-10-6-4-7-11-14)15-12-8-5-9-13-15/h4-13H,1-3H3,(H,26,27)/b23-17+. The Kier molecular flexibility index (Phi) is 6.13. The van der Waals surface area contributed by atoms with Crippen molar-refractivity contribution >= 4 is 29.0 Å². The second-order valence-corrected chi connectivity index (χ2v) is 6.84. The van der Waals surface area contributed by atoms with E-state index >= 15 is 0 Å². The highest BCUT2D eigenvalue weighted by Crippen LogP contribution is 2.17. The molecule has 2 aromatic carbocycles. The fourth-order valence-corrected chi connectivity index (χ4v) is 2.22. The number of carboxylic acids is 1. The van der Waals surface area contributed by atoms with Crippen LogP contribution in [0.15, 0.2) is 70.9 Å². The van der Waals surface area contributed by atoms with E-state index in [2.05, 4.69) is 10.2 Å². The number of nitrogens with zero attached hydrogens (tertiary/aromatic N) is 2. The highest BCUT2D eigenvalue weighted by Gasteiger charge is 2.34. The van der Waals surface area contributed by atoms with E-state index in [1.54, 1.807) is 20.8 Å². The van der Waals surface area contributed by atoms with Crippen LogP contribution in [0.1, 0.15) is 31.9 Å². The largest absolute Gasteiger partial charge is 0.475 e. The molecule has 0 aliphatic heterocycles. The molecule has 0 radical (unpaired) electrons. The van der Waals surface area contributed by atoms with Crippen LogP contribution in [0.4, 0.5) is 0 Å². The summed E-state index contributed by atoms with van der Waals surface area (Å²) in [6.45, 7) is 4.75. The number of aliphatic carboxylic acids is 1. The van der Waals surface area contributed by atoms with Gasteiger partial charge in [0.15, 0.2) is 11.5 Å². The fraction of sp³-hybridized carbons (Fsp3) is 0.190. The summed E-state index contributed by atoms with van der Waals surface area (Å²) in [6, 6.07) is 18.2. The number of rotatable bonds is 6. The van der Waals surface area contributed by atoms with Crippen LogP contribution in [0.3, 0.4) is 0 Å². The first-order valence-electron chi connectivity index (χ1n) is 8.30. The molecule has 0 heterocycles. The number of carboxylic acid groups (broad SMARTS) is 1. The van der Waals surface area contributed by atoms with Crippen LogP contribution < -0.4 is 0 Å². The second-order valence-electron chi connectivity index (χ2n) is 6.84. The molecule has 0 aromatic heterocycles. The molecule has 0 fully saturated rings. The molecule has 0 spiro atoms. The van der Waals surface area contributed by atoms with E-state index in [1.807, 2.05) is 60.7 Å². The van der Waals surface area contributed by atoms with Gasteiger partial charge in [-0.2, -0.15) is 0 Å². The number of Topliss-reactive ketones (excluding diaryl/α,β-unsaturated/α-hetero) is 2. The molecule has 0 saturated carbocycles. The number of benzene rings is 2. The van der Waals surface area contributed by atoms with Gasteiger partial charge >= 0.3 is 5.97 Å². The third-order valence-corrected chi connectivity index (χ3v) is 3.65. The van der Waals surface area contributed by atoms with Gasteiger partial charge in [-0.15, -0.1) is 10.2 Å². The lowest BCUT2D eigenvalue weighted by atomic mass is 9.87. The van der Waals surface area contributed by atoms with Crippen LogP contribution in [0.2, 0.25) is 0 Å². The minimum absolute atomic E-state index is 0.425. The summed E-state index contributed by atoms with van der Waals surface area (Å²) in [5, 5.41) is 16.9. The lowest BCUT2D eigenvalue weighted by Gasteiger charge is -2.15. The minimum Gasteiger partial charge on any atom is -0.475 e. The summed E-state index contributed by atoms with van der Waals surface area (Å²) in [7, 11) is 0. The van der Waals surface area contributed by atoms with Gasteiger partial charge in [0, 0.05) is 16.5 Å². The molecule has 6 nitrogen and oxygen atoms in total. The molecule has 0 aliphatic rings. The van der Waals surface area contributed by atoms with E-state index in [0.717, 1.165) is 11.1 Å². The highest BCUT2D eigenvalue weighted by atomic mass is 16.4. The SMILES string of the molecule is CC(C)(C)C(=O)/C(=N/N=C(c1ccccc1)c1ccccc1)C(=O)C(=O)O. The minimum atomic E-state index is -1.75. The van der Waals surface area contributed by atoms with Gasteiger partial charge in [0.1, 0.15) is 5.71 Å². The van der Waals surface area contributed by atoms with Crippen molar-refractivity contribution in [2.75, 3.05) is 0 Å². The molecule has 0 saturated heterocycles. The number of carbonyl (C=O) groups excluding carboxylic acids is 2. The zero-order valence-electron chi connectivity index (χ0n) is 15.3. The van der Waals surface area contributed by atoms with E-state index < -0.39 is 28.7 Å². The van der Waals surface area contributed by atoms with Gasteiger partial charge in [-0.05, 0) is 0 Å². The van der Waals surface area contributed by atoms with Crippen molar-refractivity contribution < 1.29 is 19.5 Å².